The summed E-state index contributed by atoms with van der Waals surface area (Å²) < 4.78 is 0. The van der Waals surface area contributed by atoms with Gasteiger partial charge in [-0.3, -0.25) is 0 Å². The summed E-state index contributed by atoms with van der Waals surface area (Å²) in [4.78, 5) is 23.7. The fourth-order valence-corrected chi connectivity index (χ4v) is 2.51. The average molecular weight is 312 g/mol. The molecule has 0 unspecified atom stereocenters. The highest BCUT2D eigenvalue weighted by Gasteiger charge is 2.25. The number of rotatable bonds is 2. The van der Waals surface area contributed by atoms with Crippen molar-refractivity contribution in [3.63, 3.8) is 0 Å². The van der Waals surface area contributed by atoms with Crippen LogP contribution < -0.4 is 21.3 Å². The molecule has 0 aliphatic heterocycles. The third-order valence-corrected chi connectivity index (χ3v) is 3.37. The van der Waals surface area contributed by atoms with Crippen LogP contribution in [-0.4, -0.2) is 35.2 Å². The highest BCUT2D eigenvalue weighted by molar-refractivity contribution is 5.75. The summed E-state index contributed by atoms with van der Waals surface area (Å²) in [6, 6.07) is 0.140. The first kappa shape index (κ1) is 18.6. The SMILES string of the molecule is CC(C)(C)NC(=O)N[C@H]1CC[C@@H](NC(=O)NC(C)(C)C)CC1. The van der Waals surface area contributed by atoms with Crippen LogP contribution in [0.25, 0.3) is 0 Å². The number of amides is 4. The Morgan fingerprint density at radius 2 is 0.955 bits per heavy atom. The van der Waals surface area contributed by atoms with Crippen molar-refractivity contribution in [1.82, 2.24) is 21.3 Å². The number of hydrogen-bond donors (Lipinski definition) is 4. The second-order valence-electron chi connectivity index (χ2n) is 8.25. The summed E-state index contributed by atoms with van der Waals surface area (Å²) in [6.07, 6.45) is 3.55. The van der Waals surface area contributed by atoms with Crippen LogP contribution in [0.1, 0.15) is 67.2 Å². The molecule has 0 spiro atoms. The van der Waals surface area contributed by atoms with Crippen molar-refractivity contribution in [1.29, 1.82) is 0 Å². The van der Waals surface area contributed by atoms with Crippen LogP contribution in [0.2, 0.25) is 0 Å². The van der Waals surface area contributed by atoms with Crippen LogP contribution in [0.5, 0.6) is 0 Å². The van der Waals surface area contributed by atoms with Crippen molar-refractivity contribution in [3.8, 4) is 0 Å². The molecule has 6 heteroatoms. The molecule has 1 rings (SSSR count). The van der Waals surface area contributed by atoms with Gasteiger partial charge in [0.1, 0.15) is 0 Å². The van der Waals surface area contributed by atoms with E-state index in [9.17, 15) is 9.59 Å². The van der Waals surface area contributed by atoms with Gasteiger partial charge in [-0.1, -0.05) is 0 Å². The molecule has 128 valence electrons. The van der Waals surface area contributed by atoms with Crippen LogP contribution in [-0.2, 0) is 0 Å². The lowest BCUT2D eigenvalue weighted by molar-refractivity contribution is 0.213. The summed E-state index contributed by atoms with van der Waals surface area (Å²) in [6.45, 7) is 11.8. The molecule has 4 amide bonds. The van der Waals surface area contributed by atoms with Crippen LogP contribution >= 0.6 is 0 Å². The fraction of sp³-hybridized carbons (Fsp3) is 0.875. The summed E-state index contributed by atoms with van der Waals surface area (Å²) in [5.41, 5.74) is -0.457. The van der Waals surface area contributed by atoms with E-state index in [4.69, 9.17) is 0 Å². The zero-order valence-electron chi connectivity index (χ0n) is 14.8. The molecule has 6 nitrogen and oxygen atoms in total. The van der Waals surface area contributed by atoms with Crippen molar-refractivity contribution in [2.24, 2.45) is 0 Å². The van der Waals surface area contributed by atoms with Gasteiger partial charge in [0.25, 0.3) is 0 Å². The Labute approximate surface area is 134 Å². The lowest BCUT2D eigenvalue weighted by Crippen LogP contribution is -2.53. The van der Waals surface area contributed by atoms with Gasteiger partial charge in [0.05, 0.1) is 0 Å². The predicted octanol–water partition coefficient (Wildman–Crippen LogP) is 2.49. The van der Waals surface area contributed by atoms with Gasteiger partial charge in [0.15, 0.2) is 0 Å². The number of urea groups is 2. The third-order valence-electron chi connectivity index (χ3n) is 3.37. The lowest BCUT2D eigenvalue weighted by Gasteiger charge is -2.31. The normalized spacial score (nSPS) is 22.6. The van der Waals surface area contributed by atoms with Crippen molar-refractivity contribution in [2.75, 3.05) is 0 Å². The van der Waals surface area contributed by atoms with E-state index >= 15 is 0 Å². The van der Waals surface area contributed by atoms with Crippen molar-refractivity contribution < 1.29 is 9.59 Å². The molecule has 1 fully saturated rings. The second kappa shape index (κ2) is 7.20. The Kier molecular flexibility index (Phi) is 6.08. The Morgan fingerprint density at radius 3 is 1.18 bits per heavy atom. The van der Waals surface area contributed by atoms with E-state index in [-0.39, 0.29) is 35.2 Å². The van der Waals surface area contributed by atoms with E-state index in [0.717, 1.165) is 25.7 Å². The number of carbonyl (C=O) groups excluding carboxylic acids is 2. The average Bonchev–Trinajstić information content (AvgIpc) is 2.26. The monoisotopic (exact) mass is 312 g/mol. The molecule has 1 aliphatic carbocycles. The third kappa shape index (κ3) is 8.10. The highest BCUT2D eigenvalue weighted by Crippen LogP contribution is 2.18. The van der Waals surface area contributed by atoms with Crippen LogP contribution in [0.4, 0.5) is 9.59 Å². The highest BCUT2D eigenvalue weighted by atomic mass is 16.2. The van der Waals surface area contributed by atoms with E-state index in [1.54, 1.807) is 0 Å². The maximum absolute atomic E-state index is 11.8. The van der Waals surface area contributed by atoms with Gasteiger partial charge in [-0.15, -0.1) is 0 Å². The zero-order valence-corrected chi connectivity index (χ0v) is 14.8. The molecule has 22 heavy (non-hydrogen) atoms. The fourth-order valence-electron chi connectivity index (χ4n) is 2.51. The molecular weight excluding hydrogens is 280 g/mol. The maximum Gasteiger partial charge on any atom is 0.315 e. The summed E-state index contributed by atoms with van der Waals surface area (Å²) in [7, 11) is 0. The van der Waals surface area contributed by atoms with E-state index in [0.29, 0.717) is 0 Å². The second-order valence-corrected chi connectivity index (χ2v) is 8.25. The molecule has 0 atom stereocenters. The van der Waals surface area contributed by atoms with E-state index in [2.05, 4.69) is 21.3 Å². The Balaban J connectivity index is 2.29. The minimum absolute atomic E-state index is 0.116. The van der Waals surface area contributed by atoms with E-state index in [1.807, 2.05) is 41.5 Å². The summed E-state index contributed by atoms with van der Waals surface area (Å²) >= 11 is 0. The zero-order chi connectivity index (χ0) is 17.0. The Morgan fingerprint density at radius 1 is 0.682 bits per heavy atom. The molecule has 1 saturated carbocycles. The van der Waals surface area contributed by atoms with Crippen LogP contribution in [0.15, 0.2) is 0 Å². The van der Waals surface area contributed by atoms with E-state index < -0.39 is 0 Å². The molecular formula is C16H32N4O2. The summed E-state index contributed by atoms with van der Waals surface area (Å²) in [5, 5.41) is 11.8. The summed E-state index contributed by atoms with van der Waals surface area (Å²) in [5.74, 6) is 0. The van der Waals surface area contributed by atoms with Gasteiger partial charge in [0.2, 0.25) is 0 Å². The van der Waals surface area contributed by atoms with Crippen LogP contribution in [0.3, 0.4) is 0 Å². The number of hydrogen-bond acceptors (Lipinski definition) is 2. The van der Waals surface area contributed by atoms with Crippen molar-refractivity contribution >= 4 is 12.1 Å². The van der Waals surface area contributed by atoms with Gasteiger partial charge in [-0.2, -0.15) is 0 Å². The molecule has 4 N–H and O–H groups in total. The Bertz CT molecular complexity index is 350. The van der Waals surface area contributed by atoms with Gasteiger partial charge in [-0.05, 0) is 67.2 Å². The predicted molar refractivity (Wildman–Crippen MR) is 88.9 cm³/mol. The minimum atomic E-state index is -0.228. The topological polar surface area (TPSA) is 82.3 Å². The number of carbonyl (C=O) groups is 2. The molecule has 1 aliphatic rings. The minimum Gasteiger partial charge on any atom is -0.335 e. The molecule has 0 aromatic heterocycles. The molecule has 0 saturated heterocycles. The molecule has 0 heterocycles. The largest absolute Gasteiger partial charge is 0.335 e. The first-order valence-corrected chi connectivity index (χ1v) is 8.12. The van der Waals surface area contributed by atoms with Gasteiger partial charge in [0, 0.05) is 23.2 Å². The van der Waals surface area contributed by atoms with Crippen LogP contribution in [0, 0.1) is 0 Å². The first-order valence-electron chi connectivity index (χ1n) is 8.12. The first-order chi connectivity index (χ1) is 9.94. The molecule has 0 aromatic carbocycles. The molecule has 0 radical (unpaired) electrons. The maximum atomic E-state index is 11.8. The van der Waals surface area contributed by atoms with Gasteiger partial charge < -0.3 is 21.3 Å². The van der Waals surface area contributed by atoms with E-state index in [1.165, 1.54) is 0 Å². The lowest BCUT2D eigenvalue weighted by atomic mass is 9.91. The van der Waals surface area contributed by atoms with Crippen molar-refractivity contribution in [2.45, 2.75) is 90.4 Å². The van der Waals surface area contributed by atoms with Crippen molar-refractivity contribution in [3.05, 3.63) is 0 Å². The quantitative estimate of drug-likeness (QED) is 0.632. The standard InChI is InChI=1S/C16H32N4O2/c1-15(2,3)19-13(21)17-11-7-9-12(10-8-11)18-14(22)20-16(4,5)6/h11-12H,7-10H2,1-6H3,(H2,17,19,21)(H2,18,20,22)/t11-,12+. The van der Waals surface area contributed by atoms with Gasteiger partial charge in [-0.25, -0.2) is 9.59 Å². The van der Waals surface area contributed by atoms with Gasteiger partial charge >= 0.3 is 12.1 Å². The number of nitrogens with one attached hydrogen (secondary N) is 4. The molecule has 0 aromatic rings. The smallest absolute Gasteiger partial charge is 0.315 e. The Hall–Kier alpha value is -1.46. The molecule has 0 bridgehead atoms.